The largest absolute Gasteiger partial charge is 0.508 e. The number of anilines is 1. The summed E-state index contributed by atoms with van der Waals surface area (Å²) in [6.07, 6.45) is 4.76. The lowest BCUT2D eigenvalue weighted by molar-refractivity contribution is 0.445. The van der Waals surface area contributed by atoms with Crippen LogP contribution in [-0.2, 0) is 0 Å². The van der Waals surface area contributed by atoms with Crippen LogP contribution >= 0.6 is 0 Å². The van der Waals surface area contributed by atoms with Crippen molar-refractivity contribution in [3.05, 3.63) is 78.1 Å². The first-order chi connectivity index (χ1) is 12.6. The van der Waals surface area contributed by atoms with E-state index in [1.165, 1.54) is 30.6 Å². The first-order valence-corrected chi connectivity index (χ1v) is 7.93. The van der Waals surface area contributed by atoms with Crippen LogP contribution in [0.5, 0.6) is 11.5 Å². The number of hydrogen-bond acceptors (Lipinski definition) is 5. The van der Waals surface area contributed by atoms with Gasteiger partial charge < -0.3 is 20.5 Å². The smallest absolute Gasteiger partial charge is 0.130 e. The average molecular weight is 350 g/mol. The van der Waals surface area contributed by atoms with Crippen LogP contribution < -0.4 is 5.32 Å². The van der Waals surface area contributed by atoms with Crippen LogP contribution in [0.15, 0.2) is 61.2 Å². The Bertz CT molecular complexity index is 1070. The van der Waals surface area contributed by atoms with Gasteiger partial charge in [0.05, 0.1) is 6.04 Å². The molecule has 1 unspecified atom stereocenters. The third kappa shape index (κ3) is 2.90. The Kier molecular flexibility index (Phi) is 3.89. The summed E-state index contributed by atoms with van der Waals surface area (Å²) < 4.78 is 13.8. The average Bonchev–Trinajstić information content (AvgIpc) is 3.04. The lowest BCUT2D eigenvalue weighted by Crippen LogP contribution is -2.13. The predicted octanol–water partition coefficient (Wildman–Crippen LogP) is 3.71. The molecule has 0 saturated carbocycles. The van der Waals surface area contributed by atoms with E-state index in [9.17, 15) is 14.6 Å². The van der Waals surface area contributed by atoms with Crippen molar-refractivity contribution in [3.63, 3.8) is 0 Å². The van der Waals surface area contributed by atoms with Crippen LogP contribution in [0.3, 0.4) is 0 Å². The van der Waals surface area contributed by atoms with Gasteiger partial charge >= 0.3 is 0 Å². The van der Waals surface area contributed by atoms with E-state index in [4.69, 9.17) is 0 Å². The predicted molar refractivity (Wildman–Crippen MR) is 95.5 cm³/mol. The summed E-state index contributed by atoms with van der Waals surface area (Å²) in [5.41, 5.74) is 2.03. The van der Waals surface area contributed by atoms with Crippen LogP contribution in [0, 0.1) is 5.82 Å². The maximum absolute atomic E-state index is 13.8. The Balaban J connectivity index is 1.88. The first kappa shape index (κ1) is 15.9. The molecule has 0 amide bonds. The second-order valence-corrected chi connectivity index (χ2v) is 5.85. The van der Waals surface area contributed by atoms with Crippen LogP contribution in [0.25, 0.3) is 10.9 Å². The number of aromatic nitrogens is 3. The summed E-state index contributed by atoms with van der Waals surface area (Å²) in [4.78, 5) is 11.2. The number of phenolic OH excluding ortho intramolecular Hbond substituents is 2. The number of nitrogens with one attached hydrogen (secondary N) is 2. The lowest BCUT2D eigenvalue weighted by atomic mass is 9.97. The van der Waals surface area contributed by atoms with Crippen molar-refractivity contribution in [2.24, 2.45) is 0 Å². The van der Waals surface area contributed by atoms with Gasteiger partial charge in [0.2, 0.25) is 0 Å². The molecule has 130 valence electrons. The minimum Gasteiger partial charge on any atom is -0.508 e. The van der Waals surface area contributed by atoms with Crippen molar-refractivity contribution in [1.82, 2.24) is 15.0 Å². The molecule has 4 N–H and O–H groups in total. The molecule has 2 aromatic carbocycles. The fourth-order valence-electron chi connectivity index (χ4n) is 2.98. The Morgan fingerprint density at radius 2 is 1.92 bits per heavy atom. The third-order valence-corrected chi connectivity index (χ3v) is 4.19. The summed E-state index contributed by atoms with van der Waals surface area (Å²) in [5, 5.41) is 23.9. The summed E-state index contributed by atoms with van der Waals surface area (Å²) in [6, 6.07) is 10.0. The van der Waals surface area contributed by atoms with Gasteiger partial charge in [-0.25, -0.2) is 14.4 Å². The summed E-state index contributed by atoms with van der Waals surface area (Å²) >= 11 is 0. The quantitative estimate of drug-likeness (QED) is 0.450. The summed E-state index contributed by atoms with van der Waals surface area (Å²) in [6.45, 7) is 0. The van der Waals surface area contributed by atoms with Gasteiger partial charge in [0.15, 0.2) is 0 Å². The molecule has 0 saturated heterocycles. The molecule has 0 spiro atoms. The molecule has 4 aromatic rings. The number of nitrogens with zero attached hydrogens (tertiary/aromatic N) is 2. The number of phenols is 2. The zero-order valence-electron chi connectivity index (χ0n) is 13.5. The topological polar surface area (TPSA) is 94.1 Å². The number of aromatic amines is 1. The molecule has 26 heavy (non-hydrogen) atoms. The van der Waals surface area contributed by atoms with E-state index in [-0.39, 0.29) is 17.3 Å². The number of benzene rings is 2. The minimum atomic E-state index is -0.527. The highest BCUT2D eigenvalue weighted by Gasteiger charge is 2.22. The molecule has 6 nitrogen and oxygen atoms in total. The Hall–Kier alpha value is -3.61. The first-order valence-electron chi connectivity index (χ1n) is 7.93. The van der Waals surface area contributed by atoms with Gasteiger partial charge in [-0.05, 0) is 36.4 Å². The highest BCUT2D eigenvalue weighted by atomic mass is 19.1. The zero-order valence-corrected chi connectivity index (χ0v) is 13.5. The molecule has 2 heterocycles. The van der Waals surface area contributed by atoms with E-state index in [0.29, 0.717) is 16.8 Å². The third-order valence-electron chi connectivity index (χ3n) is 4.19. The van der Waals surface area contributed by atoms with Crippen LogP contribution in [0.1, 0.15) is 17.2 Å². The van der Waals surface area contributed by atoms with Gasteiger partial charge in [-0.1, -0.05) is 0 Å². The molecule has 0 fully saturated rings. The number of aromatic hydroxyl groups is 2. The zero-order chi connectivity index (χ0) is 18.1. The number of fused-ring (bicyclic) bond motifs is 1. The summed E-state index contributed by atoms with van der Waals surface area (Å²) in [7, 11) is 0. The molecule has 0 aliphatic rings. The maximum Gasteiger partial charge on any atom is 0.130 e. The SMILES string of the molecule is Oc1ccc(C(Nc2ccncn2)c2c[nH]c3ccc(F)cc23)c(O)c1. The fraction of sp³-hybridized carbons (Fsp3) is 0.0526. The van der Waals surface area contributed by atoms with Crippen molar-refractivity contribution in [3.8, 4) is 11.5 Å². The van der Waals surface area contributed by atoms with Gasteiger partial charge in [0.25, 0.3) is 0 Å². The molecule has 7 heteroatoms. The van der Waals surface area contributed by atoms with Gasteiger partial charge in [-0.15, -0.1) is 0 Å². The van der Waals surface area contributed by atoms with Crippen molar-refractivity contribution >= 4 is 16.7 Å². The molecule has 0 radical (unpaired) electrons. The number of halogens is 1. The van der Waals surface area contributed by atoms with Crippen molar-refractivity contribution in [1.29, 1.82) is 0 Å². The lowest BCUT2D eigenvalue weighted by Gasteiger charge is -2.20. The molecular formula is C19H15FN4O2. The van der Waals surface area contributed by atoms with E-state index in [0.717, 1.165) is 11.1 Å². The van der Waals surface area contributed by atoms with Crippen LogP contribution in [-0.4, -0.2) is 25.2 Å². The van der Waals surface area contributed by atoms with E-state index < -0.39 is 6.04 Å². The van der Waals surface area contributed by atoms with Gasteiger partial charge in [-0.2, -0.15) is 0 Å². The second kappa shape index (κ2) is 6.36. The van der Waals surface area contributed by atoms with Crippen molar-refractivity contribution in [2.75, 3.05) is 5.32 Å². The normalized spacial score (nSPS) is 12.2. The molecule has 2 aromatic heterocycles. The van der Waals surface area contributed by atoms with E-state index in [1.54, 1.807) is 30.6 Å². The van der Waals surface area contributed by atoms with E-state index in [2.05, 4.69) is 20.3 Å². The highest BCUT2D eigenvalue weighted by Crippen LogP contribution is 2.37. The Labute approximate surface area is 148 Å². The number of rotatable bonds is 4. The molecule has 0 aliphatic carbocycles. The Morgan fingerprint density at radius 1 is 1.04 bits per heavy atom. The minimum absolute atomic E-state index is 0.0444. The fourth-order valence-corrected chi connectivity index (χ4v) is 2.98. The van der Waals surface area contributed by atoms with E-state index in [1.807, 2.05) is 0 Å². The number of hydrogen-bond donors (Lipinski definition) is 4. The van der Waals surface area contributed by atoms with E-state index >= 15 is 0 Å². The van der Waals surface area contributed by atoms with Gasteiger partial charge in [0, 0.05) is 40.5 Å². The molecule has 1 atom stereocenters. The van der Waals surface area contributed by atoms with Crippen LogP contribution in [0.4, 0.5) is 10.2 Å². The van der Waals surface area contributed by atoms with Crippen molar-refractivity contribution in [2.45, 2.75) is 6.04 Å². The molecular weight excluding hydrogens is 335 g/mol. The van der Waals surface area contributed by atoms with Gasteiger partial charge in [-0.3, -0.25) is 0 Å². The van der Waals surface area contributed by atoms with Gasteiger partial charge in [0.1, 0.15) is 29.5 Å². The van der Waals surface area contributed by atoms with Crippen LogP contribution in [0.2, 0.25) is 0 Å². The molecule has 4 rings (SSSR count). The standard InChI is InChI=1S/C19H15FN4O2/c20-11-1-4-16-14(7-11)15(9-22-16)19(24-18-5-6-21-10-23-18)13-3-2-12(25)8-17(13)26/h1-10,19,22,25-26H,(H,21,23,24). The van der Waals surface area contributed by atoms with Crippen molar-refractivity contribution < 1.29 is 14.6 Å². The highest BCUT2D eigenvalue weighted by molar-refractivity contribution is 5.84. The maximum atomic E-state index is 13.8. The number of H-pyrrole nitrogens is 1. The molecule has 0 bridgehead atoms. The Morgan fingerprint density at radius 3 is 2.69 bits per heavy atom. The monoisotopic (exact) mass is 350 g/mol. The second-order valence-electron chi connectivity index (χ2n) is 5.85. The molecule has 0 aliphatic heterocycles. The summed E-state index contributed by atoms with van der Waals surface area (Å²) in [5.74, 6) is 0.0663.